The number of aliphatic hydroxyl groups is 1. The Labute approximate surface area is 142 Å². The third-order valence-electron chi connectivity index (χ3n) is 4.01. The van der Waals surface area contributed by atoms with Gasteiger partial charge in [0.05, 0.1) is 23.5 Å². The van der Waals surface area contributed by atoms with E-state index in [9.17, 15) is 13.6 Å². The number of halogens is 2. The Bertz CT molecular complexity index is 801. The van der Waals surface area contributed by atoms with Crippen LogP contribution in [0.5, 0.6) is 0 Å². The number of alkyl halides is 2. The van der Waals surface area contributed by atoms with Gasteiger partial charge in [0.1, 0.15) is 4.88 Å². The summed E-state index contributed by atoms with van der Waals surface area (Å²) in [4.78, 5) is 18.7. The van der Waals surface area contributed by atoms with Crippen LogP contribution in [-0.4, -0.2) is 35.1 Å². The van der Waals surface area contributed by atoms with Crippen LogP contribution in [0.15, 0.2) is 35.9 Å². The number of rotatable bonds is 2. The zero-order valence-corrected chi connectivity index (χ0v) is 13.8. The van der Waals surface area contributed by atoms with E-state index < -0.39 is 19.0 Å². The average Bonchev–Trinajstić information content (AvgIpc) is 2.94. The monoisotopic (exact) mass is 350 g/mol. The molecule has 2 heterocycles. The van der Waals surface area contributed by atoms with Crippen molar-refractivity contribution in [2.75, 3.05) is 18.1 Å². The summed E-state index contributed by atoms with van der Waals surface area (Å²) in [7, 11) is 0. The van der Waals surface area contributed by atoms with Gasteiger partial charge in [-0.15, -0.1) is 11.3 Å². The zero-order valence-electron chi connectivity index (χ0n) is 13.0. The minimum Gasteiger partial charge on any atom is -0.392 e. The number of anilines is 1. The van der Waals surface area contributed by atoms with Gasteiger partial charge in [-0.25, -0.2) is 13.8 Å². The van der Waals surface area contributed by atoms with Crippen molar-refractivity contribution >= 4 is 28.5 Å². The van der Waals surface area contributed by atoms with Gasteiger partial charge in [-0.2, -0.15) is 0 Å². The fraction of sp³-hybridized carbons (Fsp3) is 0.294. The number of hydrogen-bond donors (Lipinski definition) is 1. The van der Waals surface area contributed by atoms with Gasteiger partial charge in [-0.1, -0.05) is 18.2 Å². The van der Waals surface area contributed by atoms with E-state index in [-0.39, 0.29) is 23.6 Å². The molecule has 0 saturated heterocycles. The molecule has 126 valence electrons. The third-order valence-corrected chi connectivity index (χ3v) is 4.93. The SMILES string of the molecule is Cc1ncsc1C(=O)N1CCC(F)(F)C(=CCO)c2ccccc21. The Hall–Kier alpha value is -2.12. The first-order valence-corrected chi connectivity index (χ1v) is 8.34. The maximum Gasteiger partial charge on any atom is 0.275 e. The standard InChI is InChI=1S/C17H16F2N2O2S/c1-11-15(24-10-20-11)16(23)21-8-7-17(18,19)13(6-9-22)12-4-2-3-5-14(12)21/h2-6,10,22H,7-9H2,1H3. The molecule has 0 spiro atoms. The molecule has 0 unspecified atom stereocenters. The van der Waals surface area contributed by atoms with Gasteiger partial charge in [0.15, 0.2) is 0 Å². The lowest BCUT2D eigenvalue weighted by molar-refractivity contribution is 0.0596. The summed E-state index contributed by atoms with van der Waals surface area (Å²) >= 11 is 1.20. The highest BCUT2D eigenvalue weighted by atomic mass is 32.1. The van der Waals surface area contributed by atoms with Crippen molar-refractivity contribution in [1.82, 2.24) is 4.98 Å². The maximum atomic E-state index is 14.5. The summed E-state index contributed by atoms with van der Waals surface area (Å²) in [6.45, 7) is 1.13. The summed E-state index contributed by atoms with van der Waals surface area (Å²) in [5.74, 6) is -3.44. The second kappa shape index (κ2) is 6.41. The zero-order chi connectivity index (χ0) is 17.3. The van der Waals surface area contributed by atoms with E-state index in [0.717, 1.165) is 6.08 Å². The average molecular weight is 350 g/mol. The summed E-state index contributed by atoms with van der Waals surface area (Å²) in [6.07, 6.45) is 0.613. The van der Waals surface area contributed by atoms with E-state index in [1.165, 1.54) is 16.2 Å². The first-order chi connectivity index (χ1) is 11.5. The molecule has 1 aromatic carbocycles. The van der Waals surface area contributed by atoms with Crippen LogP contribution in [0.2, 0.25) is 0 Å². The van der Waals surface area contributed by atoms with Gasteiger partial charge in [0, 0.05) is 24.1 Å². The van der Waals surface area contributed by atoms with Crippen LogP contribution in [0, 0.1) is 6.92 Å². The number of carbonyl (C=O) groups is 1. The molecule has 2 aromatic rings. The quantitative estimate of drug-likeness (QED) is 0.902. The number of benzene rings is 1. The molecule has 1 aromatic heterocycles. The van der Waals surface area contributed by atoms with Gasteiger partial charge in [0.2, 0.25) is 0 Å². The van der Waals surface area contributed by atoms with Gasteiger partial charge < -0.3 is 10.0 Å². The molecule has 0 fully saturated rings. The molecule has 0 aliphatic carbocycles. The Morgan fingerprint density at radius 1 is 1.46 bits per heavy atom. The molecule has 7 heteroatoms. The van der Waals surface area contributed by atoms with E-state index >= 15 is 0 Å². The number of aromatic nitrogens is 1. The Morgan fingerprint density at radius 3 is 2.88 bits per heavy atom. The van der Waals surface area contributed by atoms with Crippen molar-refractivity contribution < 1.29 is 18.7 Å². The Balaban J connectivity index is 2.13. The first kappa shape index (κ1) is 16.7. The number of amides is 1. The van der Waals surface area contributed by atoms with E-state index in [0.29, 0.717) is 16.3 Å². The highest BCUT2D eigenvalue weighted by molar-refractivity contribution is 7.12. The molecular formula is C17H16F2N2O2S. The van der Waals surface area contributed by atoms with Gasteiger partial charge >= 0.3 is 0 Å². The minimum absolute atomic E-state index is 0.108. The number of carbonyl (C=O) groups excluding carboxylic acids is 1. The number of thiazole rings is 1. The normalized spacial score (nSPS) is 18.3. The lowest BCUT2D eigenvalue weighted by Gasteiger charge is -2.22. The lowest BCUT2D eigenvalue weighted by atomic mass is 9.97. The van der Waals surface area contributed by atoms with Crippen LogP contribution >= 0.6 is 11.3 Å². The van der Waals surface area contributed by atoms with Crippen LogP contribution < -0.4 is 4.90 Å². The van der Waals surface area contributed by atoms with Crippen molar-refractivity contribution in [1.29, 1.82) is 0 Å². The highest BCUT2D eigenvalue weighted by Crippen LogP contribution is 2.43. The molecule has 24 heavy (non-hydrogen) atoms. The number of allylic oxidation sites excluding steroid dienone is 1. The van der Waals surface area contributed by atoms with E-state index in [1.807, 2.05) is 0 Å². The highest BCUT2D eigenvalue weighted by Gasteiger charge is 2.41. The number of para-hydroxylation sites is 1. The van der Waals surface area contributed by atoms with Crippen LogP contribution in [0.25, 0.3) is 5.57 Å². The molecule has 1 aliphatic rings. The number of fused-ring (bicyclic) bond motifs is 1. The van der Waals surface area contributed by atoms with Crippen molar-refractivity contribution in [3.8, 4) is 0 Å². The molecule has 1 amide bonds. The van der Waals surface area contributed by atoms with Crippen molar-refractivity contribution in [3.63, 3.8) is 0 Å². The van der Waals surface area contributed by atoms with Gasteiger partial charge in [-0.3, -0.25) is 4.79 Å². The maximum absolute atomic E-state index is 14.5. The van der Waals surface area contributed by atoms with Crippen LogP contribution in [0.3, 0.4) is 0 Å². The van der Waals surface area contributed by atoms with E-state index in [1.54, 1.807) is 36.7 Å². The molecule has 0 atom stereocenters. The largest absolute Gasteiger partial charge is 0.392 e. The van der Waals surface area contributed by atoms with Crippen LogP contribution in [0.1, 0.15) is 27.3 Å². The molecule has 0 saturated carbocycles. The lowest BCUT2D eigenvalue weighted by Crippen LogP contribution is -2.33. The number of aryl methyl sites for hydroxylation is 1. The van der Waals surface area contributed by atoms with Gasteiger partial charge in [-0.05, 0) is 19.1 Å². The molecule has 1 N–H and O–H groups in total. The van der Waals surface area contributed by atoms with Gasteiger partial charge in [0.25, 0.3) is 11.8 Å². The summed E-state index contributed by atoms with van der Waals surface area (Å²) in [6, 6.07) is 6.55. The van der Waals surface area contributed by atoms with Crippen molar-refractivity contribution in [3.05, 3.63) is 52.0 Å². The molecular weight excluding hydrogens is 334 g/mol. The molecule has 0 bridgehead atoms. The number of nitrogens with zero attached hydrogens (tertiary/aromatic N) is 2. The molecule has 0 radical (unpaired) electrons. The van der Waals surface area contributed by atoms with Crippen LogP contribution in [-0.2, 0) is 0 Å². The van der Waals surface area contributed by atoms with E-state index in [2.05, 4.69) is 4.98 Å². The smallest absolute Gasteiger partial charge is 0.275 e. The topological polar surface area (TPSA) is 53.4 Å². The second-order valence-electron chi connectivity index (χ2n) is 5.50. The summed E-state index contributed by atoms with van der Waals surface area (Å²) in [5.41, 5.74) is 2.61. The second-order valence-corrected chi connectivity index (χ2v) is 6.35. The fourth-order valence-electron chi connectivity index (χ4n) is 2.83. The fourth-order valence-corrected chi connectivity index (χ4v) is 3.58. The predicted molar refractivity (Wildman–Crippen MR) is 89.6 cm³/mol. The third kappa shape index (κ3) is 2.85. The Morgan fingerprint density at radius 2 is 2.21 bits per heavy atom. The van der Waals surface area contributed by atoms with Crippen molar-refractivity contribution in [2.24, 2.45) is 0 Å². The minimum atomic E-state index is -3.11. The van der Waals surface area contributed by atoms with Crippen LogP contribution in [0.4, 0.5) is 14.5 Å². The first-order valence-electron chi connectivity index (χ1n) is 7.46. The summed E-state index contributed by atoms with van der Waals surface area (Å²) < 4.78 is 29.1. The number of aliphatic hydroxyl groups excluding tert-OH is 1. The summed E-state index contributed by atoms with van der Waals surface area (Å²) in [5, 5.41) is 9.13. The van der Waals surface area contributed by atoms with E-state index in [4.69, 9.17) is 5.11 Å². The Kier molecular flexibility index (Phi) is 4.47. The van der Waals surface area contributed by atoms with Crippen molar-refractivity contribution in [2.45, 2.75) is 19.3 Å². The molecule has 3 rings (SSSR count). The number of hydrogen-bond acceptors (Lipinski definition) is 4. The molecule has 4 nitrogen and oxygen atoms in total. The predicted octanol–water partition coefficient (Wildman–Crippen LogP) is 3.51. The molecule has 1 aliphatic heterocycles.